The Morgan fingerprint density at radius 3 is 2.10 bits per heavy atom. The van der Waals surface area contributed by atoms with Crippen molar-refractivity contribution in [3.63, 3.8) is 0 Å². The van der Waals surface area contributed by atoms with Crippen molar-refractivity contribution in [3.8, 4) is 0 Å². The van der Waals surface area contributed by atoms with Gasteiger partial charge in [-0.1, -0.05) is 35.9 Å². The third-order valence-electron chi connectivity index (χ3n) is 4.60. The fraction of sp³-hybridized carbons (Fsp3) is 0.217. The van der Waals surface area contributed by atoms with Gasteiger partial charge in [-0.05, 0) is 67.4 Å². The molecular weight excluding hydrogens is 425 g/mol. The quantitative estimate of drug-likeness (QED) is 0.436. The van der Waals surface area contributed by atoms with Crippen molar-refractivity contribution in [2.24, 2.45) is 0 Å². The highest BCUT2D eigenvalue weighted by atomic mass is 35.5. The first-order valence-corrected chi connectivity index (χ1v) is 9.89. The molecule has 0 fully saturated rings. The third-order valence-corrected chi connectivity index (χ3v) is 4.85. The van der Waals surface area contributed by atoms with Gasteiger partial charge in [0.05, 0.1) is 6.26 Å². The zero-order chi connectivity index (χ0) is 22.8. The van der Waals surface area contributed by atoms with E-state index in [1.807, 2.05) is 48.5 Å². The lowest BCUT2D eigenvalue weighted by atomic mass is 9.93. The highest BCUT2D eigenvalue weighted by Gasteiger charge is 2.17. The van der Waals surface area contributed by atoms with Crippen molar-refractivity contribution in [2.75, 3.05) is 6.54 Å². The molecule has 3 N–H and O–H groups in total. The Balaban J connectivity index is 0.000000501. The van der Waals surface area contributed by atoms with Gasteiger partial charge in [0.25, 0.3) is 0 Å². The van der Waals surface area contributed by atoms with Gasteiger partial charge in [0.1, 0.15) is 11.6 Å². The number of nitrogens with one attached hydrogen (secondary N) is 1. The van der Waals surface area contributed by atoms with E-state index in [9.17, 15) is 4.39 Å². The Bertz CT molecular complexity index is 947. The standard InChI is InChI=1S/C21H21ClFNO.C2H2O4/c1-15(16-4-8-18(22)9-5-16)24-13-12-20(21-3-2-14-25-21)17-6-10-19(23)11-7-17;3-1(4)2(5)6/h2-11,14-15,20,24H,12-13H2,1H3;(H,3,4)(H,5,6). The number of halogens is 2. The van der Waals surface area contributed by atoms with Crippen LogP contribution in [0.3, 0.4) is 0 Å². The van der Waals surface area contributed by atoms with Gasteiger partial charge in [-0.2, -0.15) is 0 Å². The first kappa shape index (κ1) is 24.1. The van der Waals surface area contributed by atoms with Gasteiger partial charge in [0, 0.05) is 17.0 Å². The zero-order valence-electron chi connectivity index (χ0n) is 16.8. The molecule has 0 aliphatic heterocycles. The van der Waals surface area contributed by atoms with E-state index in [-0.39, 0.29) is 17.8 Å². The van der Waals surface area contributed by atoms with Crippen LogP contribution >= 0.6 is 11.6 Å². The van der Waals surface area contributed by atoms with Crippen molar-refractivity contribution in [3.05, 3.63) is 94.7 Å². The summed E-state index contributed by atoms with van der Waals surface area (Å²) in [5, 5.41) is 19.1. The number of carboxylic acids is 2. The first-order valence-electron chi connectivity index (χ1n) is 9.52. The molecule has 2 aromatic carbocycles. The molecule has 0 bridgehead atoms. The van der Waals surface area contributed by atoms with Gasteiger partial charge in [0.2, 0.25) is 0 Å². The Morgan fingerprint density at radius 1 is 1.00 bits per heavy atom. The molecule has 6 nitrogen and oxygen atoms in total. The summed E-state index contributed by atoms with van der Waals surface area (Å²) in [5.74, 6) is -2.88. The lowest BCUT2D eigenvalue weighted by Crippen LogP contribution is -2.21. The third kappa shape index (κ3) is 7.88. The van der Waals surface area contributed by atoms with E-state index >= 15 is 0 Å². The van der Waals surface area contributed by atoms with Gasteiger partial charge in [-0.25, -0.2) is 14.0 Å². The van der Waals surface area contributed by atoms with Crippen molar-refractivity contribution in [1.29, 1.82) is 0 Å². The van der Waals surface area contributed by atoms with Crippen LogP contribution in [-0.2, 0) is 9.59 Å². The van der Waals surface area contributed by atoms with Gasteiger partial charge < -0.3 is 19.9 Å². The van der Waals surface area contributed by atoms with Gasteiger partial charge in [0.15, 0.2) is 0 Å². The SMILES string of the molecule is CC(NCCC(c1ccc(F)cc1)c1ccco1)c1ccc(Cl)cc1.O=C(O)C(=O)O. The van der Waals surface area contributed by atoms with Crippen LogP contribution in [0.25, 0.3) is 0 Å². The summed E-state index contributed by atoms with van der Waals surface area (Å²) < 4.78 is 18.8. The molecule has 3 aromatic rings. The van der Waals surface area contributed by atoms with E-state index in [2.05, 4.69) is 12.2 Å². The number of aliphatic carboxylic acids is 2. The fourth-order valence-corrected chi connectivity index (χ4v) is 3.10. The number of hydrogen-bond acceptors (Lipinski definition) is 4. The number of hydrogen-bond donors (Lipinski definition) is 3. The monoisotopic (exact) mass is 447 g/mol. The summed E-state index contributed by atoms with van der Waals surface area (Å²) >= 11 is 5.94. The normalized spacial score (nSPS) is 12.4. The van der Waals surface area contributed by atoms with Gasteiger partial charge in [-0.3, -0.25) is 0 Å². The molecule has 1 heterocycles. The number of benzene rings is 2. The van der Waals surface area contributed by atoms with Crippen molar-refractivity contribution in [2.45, 2.75) is 25.3 Å². The molecule has 0 aliphatic rings. The van der Waals surface area contributed by atoms with Crippen LogP contribution < -0.4 is 5.32 Å². The maximum Gasteiger partial charge on any atom is 0.414 e. The van der Waals surface area contributed by atoms with Crippen LogP contribution in [0, 0.1) is 5.82 Å². The lowest BCUT2D eigenvalue weighted by Gasteiger charge is -2.19. The maximum absolute atomic E-state index is 13.2. The van der Waals surface area contributed by atoms with Gasteiger partial charge in [-0.15, -0.1) is 0 Å². The number of carboxylic acid groups (broad SMARTS) is 2. The number of carbonyl (C=O) groups is 2. The first-order chi connectivity index (χ1) is 14.8. The summed E-state index contributed by atoms with van der Waals surface area (Å²) in [7, 11) is 0. The summed E-state index contributed by atoms with van der Waals surface area (Å²) in [5.41, 5.74) is 2.25. The lowest BCUT2D eigenvalue weighted by molar-refractivity contribution is -0.159. The second kappa shape index (κ2) is 11.9. The highest BCUT2D eigenvalue weighted by Crippen LogP contribution is 2.28. The summed E-state index contributed by atoms with van der Waals surface area (Å²) in [6, 6.07) is 18.6. The minimum Gasteiger partial charge on any atom is -0.473 e. The highest BCUT2D eigenvalue weighted by molar-refractivity contribution is 6.30. The molecule has 3 rings (SSSR count). The topological polar surface area (TPSA) is 99.8 Å². The minimum absolute atomic E-state index is 0.0977. The van der Waals surface area contributed by atoms with E-state index in [0.717, 1.165) is 29.3 Å². The molecule has 2 unspecified atom stereocenters. The van der Waals surface area contributed by atoms with Crippen LogP contribution in [0.5, 0.6) is 0 Å². The van der Waals surface area contributed by atoms with Crippen LogP contribution in [0.2, 0.25) is 5.02 Å². The van der Waals surface area contributed by atoms with E-state index in [0.29, 0.717) is 0 Å². The molecule has 164 valence electrons. The molecule has 0 aliphatic carbocycles. The largest absolute Gasteiger partial charge is 0.473 e. The second-order valence-electron chi connectivity index (χ2n) is 6.75. The Hall–Kier alpha value is -3.16. The smallest absolute Gasteiger partial charge is 0.414 e. The van der Waals surface area contributed by atoms with Crippen LogP contribution in [0.15, 0.2) is 71.3 Å². The number of furan rings is 1. The van der Waals surface area contributed by atoms with Crippen LogP contribution in [0.1, 0.15) is 42.2 Å². The van der Waals surface area contributed by atoms with Crippen LogP contribution in [0.4, 0.5) is 4.39 Å². The zero-order valence-corrected chi connectivity index (χ0v) is 17.6. The molecule has 0 amide bonds. The minimum atomic E-state index is -1.82. The molecule has 0 saturated carbocycles. The molecule has 0 spiro atoms. The van der Waals surface area contributed by atoms with E-state index in [1.54, 1.807) is 6.26 Å². The average molecular weight is 448 g/mol. The summed E-state index contributed by atoms with van der Waals surface area (Å²) in [6.07, 6.45) is 2.53. The van der Waals surface area contributed by atoms with Crippen LogP contribution in [-0.4, -0.2) is 28.7 Å². The van der Waals surface area contributed by atoms with Gasteiger partial charge >= 0.3 is 11.9 Å². The Labute approximate surface area is 184 Å². The van der Waals surface area contributed by atoms with E-state index in [1.165, 1.54) is 17.7 Å². The second-order valence-corrected chi connectivity index (χ2v) is 7.18. The molecule has 0 radical (unpaired) electrons. The van der Waals surface area contributed by atoms with E-state index < -0.39 is 11.9 Å². The molecule has 31 heavy (non-hydrogen) atoms. The number of rotatable bonds is 7. The Kier molecular flexibility index (Phi) is 9.24. The predicted octanol–water partition coefficient (Wildman–Crippen LogP) is 5.10. The summed E-state index contributed by atoms with van der Waals surface area (Å²) in [6.45, 7) is 2.94. The van der Waals surface area contributed by atoms with Crippen molar-refractivity contribution in [1.82, 2.24) is 5.32 Å². The molecule has 8 heteroatoms. The van der Waals surface area contributed by atoms with E-state index in [4.69, 9.17) is 35.8 Å². The van der Waals surface area contributed by atoms with Crippen molar-refractivity contribution < 1.29 is 28.6 Å². The molecular formula is C23H23ClFNO5. The van der Waals surface area contributed by atoms with Crippen molar-refractivity contribution >= 4 is 23.5 Å². The molecule has 2 atom stereocenters. The fourth-order valence-electron chi connectivity index (χ4n) is 2.97. The average Bonchev–Trinajstić information content (AvgIpc) is 3.27. The summed E-state index contributed by atoms with van der Waals surface area (Å²) in [4.78, 5) is 18.2. The maximum atomic E-state index is 13.2. The Morgan fingerprint density at radius 2 is 1.58 bits per heavy atom. The molecule has 0 saturated heterocycles. The predicted molar refractivity (Wildman–Crippen MR) is 115 cm³/mol. The molecule has 1 aromatic heterocycles.